The number of hydrogen-bond donors (Lipinski definition) is 1. The van der Waals surface area contributed by atoms with Crippen molar-refractivity contribution in [2.75, 3.05) is 5.32 Å². The predicted molar refractivity (Wildman–Crippen MR) is 102 cm³/mol. The fraction of sp³-hybridized carbons (Fsp3) is 0.211. The number of carbonyl (C=O) groups excluding carboxylic acids is 1. The van der Waals surface area contributed by atoms with Crippen molar-refractivity contribution in [2.24, 2.45) is 0 Å². The molecule has 8 nitrogen and oxygen atoms in total. The molecule has 31 heavy (non-hydrogen) atoms. The Morgan fingerprint density at radius 1 is 1.19 bits per heavy atom. The van der Waals surface area contributed by atoms with Crippen molar-refractivity contribution in [1.29, 1.82) is 0 Å². The standard InChI is InChI=1S/C19H14F4N6O2/c1-2-11-7-16-28(9-15(30)26-14-6-3-10(20)8-24-14)18(31)12-4-5-13(19(21,22)23)25-17(12)29(16)27-11/h3-8H,2,9H2,1H3,(H,24,26,30). The number of aromatic nitrogens is 5. The Labute approximate surface area is 171 Å². The third-order valence-corrected chi connectivity index (χ3v) is 4.52. The maximum Gasteiger partial charge on any atom is 0.433 e. The summed E-state index contributed by atoms with van der Waals surface area (Å²) in [6.07, 6.45) is -3.33. The first kappa shape index (κ1) is 20.4. The number of alkyl halides is 3. The van der Waals surface area contributed by atoms with Crippen LogP contribution in [-0.4, -0.2) is 30.1 Å². The summed E-state index contributed by atoms with van der Waals surface area (Å²) < 4.78 is 54.5. The number of pyridine rings is 2. The van der Waals surface area contributed by atoms with Gasteiger partial charge in [-0.25, -0.2) is 14.4 Å². The molecule has 0 saturated heterocycles. The molecule has 0 fully saturated rings. The summed E-state index contributed by atoms with van der Waals surface area (Å²) in [5.41, 5.74) is -1.50. The molecule has 1 amide bonds. The number of fused-ring (bicyclic) bond motifs is 3. The average molecular weight is 434 g/mol. The molecule has 0 aliphatic heterocycles. The van der Waals surface area contributed by atoms with Gasteiger partial charge in [0, 0.05) is 6.07 Å². The lowest BCUT2D eigenvalue weighted by Gasteiger charge is -2.12. The van der Waals surface area contributed by atoms with Gasteiger partial charge in [-0.3, -0.25) is 14.2 Å². The highest BCUT2D eigenvalue weighted by Gasteiger charge is 2.33. The van der Waals surface area contributed by atoms with Crippen LogP contribution in [0.1, 0.15) is 18.3 Å². The number of nitrogens with zero attached hydrogens (tertiary/aromatic N) is 5. The van der Waals surface area contributed by atoms with Crippen molar-refractivity contribution < 1.29 is 22.4 Å². The molecule has 0 radical (unpaired) electrons. The van der Waals surface area contributed by atoms with Crippen molar-refractivity contribution in [1.82, 2.24) is 24.1 Å². The minimum Gasteiger partial charge on any atom is -0.309 e. The minimum atomic E-state index is -4.70. The Morgan fingerprint density at radius 2 is 1.97 bits per heavy atom. The third-order valence-electron chi connectivity index (χ3n) is 4.52. The van der Waals surface area contributed by atoms with Gasteiger partial charge < -0.3 is 5.32 Å². The van der Waals surface area contributed by atoms with Crippen molar-refractivity contribution in [3.8, 4) is 0 Å². The van der Waals surface area contributed by atoms with E-state index in [0.29, 0.717) is 18.2 Å². The number of amides is 1. The normalized spacial score (nSPS) is 11.9. The van der Waals surface area contributed by atoms with Crippen LogP contribution in [0.4, 0.5) is 23.4 Å². The summed E-state index contributed by atoms with van der Waals surface area (Å²) in [4.78, 5) is 32.8. The van der Waals surface area contributed by atoms with E-state index in [1.807, 2.05) is 0 Å². The Bertz CT molecular complexity index is 1360. The molecule has 4 rings (SSSR count). The molecule has 4 heterocycles. The molecule has 0 atom stereocenters. The lowest BCUT2D eigenvalue weighted by atomic mass is 10.2. The van der Waals surface area contributed by atoms with Gasteiger partial charge >= 0.3 is 6.18 Å². The largest absolute Gasteiger partial charge is 0.433 e. The van der Waals surface area contributed by atoms with Gasteiger partial charge in [-0.05, 0) is 30.7 Å². The molecule has 4 aromatic heterocycles. The number of halogens is 4. The summed E-state index contributed by atoms with van der Waals surface area (Å²) in [7, 11) is 0. The van der Waals surface area contributed by atoms with Crippen LogP contribution in [0.3, 0.4) is 0 Å². The van der Waals surface area contributed by atoms with E-state index in [2.05, 4.69) is 20.4 Å². The molecule has 160 valence electrons. The van der Waals surface area contributed by atoms with Crippen molar-refractivity contribution in [2.45, 2.75) is 26.1 Å². The number of rotatable bonds is 4. The lowest BCUT2D eigenvalue weighted by molar-refractivity contribution is -0.141. The first-order valence-electron chi connectivity index (χ1n) is 9.08. The second kappa shape index (κ2) is 7.45. The van der Waals surface area contributed by atoms with Gasteiger partial charge in [0.25, 0.3) is 5.56 Å². The van der Waals surface area contributed by atoms with Crippen LogP contribution in [-0.2, 0) is 23.9 Å². The van der Waals surface area contributed by atoms with Crippen LogP contribution >= 0.6 is 0 Å². The molecular weight excluding hydrogens is 420 g/mol. The van der Waals surface area contributed by atoms with Gasteiger partial charge in [-0.1, -0.05) is 6.92 Å². The monoisotopic (exact) mass is 434 g/mol. The maximum atomic E-state index is 13.1. The number of nitrogens with one attached hydrogen (secondary N) is 1. The summed E-state index contributed by atoms with van der Waals surface area (Å²) in [6, 6.07) is 5.58. The fourth-order valence-electron chi connectivity index (χ4n) is 3.05. The van der Waals surface area contributed by atoms with Crippen LogP contribution in [0, 0.1) is 5.82 Å². The van der Waals surface area contributed by atoms with Crippen LogP contribution in [0.25, 0.3) is 16.7 Å². The van der Waals surface area contributed by atoms with Crippen LogP contribution in [0.2, 0.25) is 0 Å². The highest BCUT2D eigenvalue weighted by molar-refractivity contribution is 5.90. The first-order chi connectivity index (χ1) is 14.7. The van der Waals surface area contributed by atoms with Gasteiger partial charge in [0.1, 0.15) is 29.5 Å². The predicted octanol–water partition coefficient (Wildman–Crippen LogP) is 2.80. The van der Waals surface area contributed by atoms with Gasteiger partial charge in [0.15, 0.2) is 5.65 Å². The SMILES string of the molecule is CCc1cc2n(CC(=O)Nc3ccc(F)cn3)c(=O)c3ccc(C(F)(F)F)nc3n2n1. The third kappa shape index (κ3) is 3.83. The summed E-state index contributed by atoms with van der Waals surface area (Å²) in [5, 5.41) is 6.54. The number of anilines is 1. The zero-order chi connectivity index (χ0) is 22.3. The second-order valence-electron chi connectivity index (χ2n) is 6.63. The molecule has 0 bridgehead atoms. The average Bonchev–Trinajstić information content (AvgIpc) is 3.16. The summed E-state index contributed by atoms with van der Waals surface area (Å²) >= 11 is 0. The smallest absolute Gasteiger partial charge is 0.309 e. The number of carbonyl (C=O) groups is 1. The highest BCUT2D eigenvalue weighted by Crippen LogP contribution is 2.28. The van der Waals surface area contributed by atoms with Gasteiger partial charge in [-0.2, -0.15) is 22.8 Å². The van der Waals surface area contributed by atoms with E-state index < -0.39 is 35.7 Å². The molecular formula is C19H14F4N6O2. The molecule has 4 aromatic rings. The highest BCUT2D eigenvalue weighted by atomic mass is 19.4. The topological polar surface area (TPSA) is 94.2 Å². The van der Waals surface area contributed by atoms with Gasteiger partial charge in [-0.15, -0.1) is 0 Å². The molecule has 0 spiro atoms. The molecule has 1 N–H and O–H groups in total. The summed E-state index contributed by atoms with van der Waals surface area (Å²) in [6.45, 7) is 1.32. The molecule has 0 unspecified atom stereocenters. The Hall–Kier alpha value is -3.83. The molecule has 12 heteroatoms. The number of hydrogen-bond acceptors (Lipinski definition) is 5. The lowest BCUT2D eigenvalue weighted by Crippen LogP contribution is -2.30. The molecule has 0 saturated carbocycles. The van der Waals surface area contributed by atoms with E-state index in [9.17, 15) is 27.2 Å². The first-order valence-corrected chi connectivity index (χ1v) is 9.08. The Balaban J connectivity index is 1.83. The van der Waals surface area contributed by atoms with E-state index in [4.69, 9.17) is 0 Å². The van der Waals surface area contributed by atoms with E-state index in [1.54, 1.807) is 6.92 Å². The quantitative estimate of drug-likeness (QED) is 0.499. The van der Waals surface area contributed by atoms with Crippen LogP contribution in [0.15, 0.2) is 41.3 Å². The van der Waals surface area contributed by atoms with Crippen molar-refractivity contribution >= 4 is 28.4 Å². The van der Waals surface area contributed by atoms with E-state index in [-0.39, 0.29) is 22.5 Å². The van der Waals surface area contributed by atoms with E-state index >= 15 is 0 Å². The van der Waals surface area contributed by atoms with Crippen molar-refractivity contribution in [3.05, 3.63) is 64.1 Å². The fourth-order valence-corrected chi connectivity index (χ4v) is 3.05. The van der Waals surface area contributed by atoms with Crippen molar-refractivity contribution in [3.63, 3.8) is 0 Å². The van der Waals surface area contributed by atoms with E-state index in [1.165, 1.54) is 12.1 Å². The molecule has 0 aliphatic carbocycles. The molecule has 0 aromatic carbocycles. The maximum absolute atomic E-state index is 13.1. The van der Waals surface area contributed by atoms with Crippen LogP contribution in [0.5, 0.6) is 0 Å². The van der Waals surface area contributed by atoms with Crippen LogP contribution < -0.4 is 10.9 Å². The van der Waals surface area contributed by atoms with Gasteiger partial charge in [0.05, 0.1) is 17.3 Å². The Morgan fingerprint density at radius 3 is 2.61 bits per heavy atom. The summed E-state index contributed by atoms with van der Waals surface area (Å²) in [5.74, 6) is -1.14. The van der Waals surface area contributed by atoms with E-state index in [0.717, 1.165) is 27.4 Å². The second-order valence-corrected chi connectivity index (χ2v) is 6.63. The number of aryl methyl sites for hydroxylation is 1. The Kier molecular flexibility index (Phi) is 4.91. The minimum absolute atomic E-state index is 0.0792. The zero-order valence-electron chi connectivity index (χ0n) is 15.9. The van der Waals surface area contributed by atoms with Gasteiger partial charge in [0.2, 0.25) is 5.91 Å². The molecule has 0 aliphatic rings. The zero-order valence-corrected chi connectivity index (χ0v) is 15.9.